The van der Waals surface area contributed by atoms with E-state index in [-0.39, 0.29) is 0 Å². The molecule has 0 radical (unpaired) electrons. The van der Waals surface area contributed by atoms with Crippen LogP contribution in [0.25, 0.3) is 0 Å². The maximum atomic E-state index is 2.35. The Labute approximate surface area is 94.7 Å². The van der Waals surface area contributed by atoms with Gasteiger partial charge in [-0.2, -0.15) is 0 Å². The molecule has 0 N–H and O–H groups in total. The first-order valence-electron chi connectivity index (χ1n) is 6.14. The Bertz CT molecular complexity index is 279. The molecule has 15 heavy (non-hydrogen) atoms. The molecule has 0 atom stereocenters. The van der Waals surface area contributed by atoms with Crippen LogP contribution in [-0.4, -0.2) is 0 Å². The lowest BCUT2D eigenvalue weighted by atomic mass is 9.79. The Morgan fingerprint density at radius 2 is 1.33 bits per heavy atom. The van der Waals surface area contributed by atoms with Crippen molar-refractivity contribution < 1.29 is 0 Å². The third kappa shape index (κ3) is 2.84. The van der Waals surface area contributed by atoms with Gasteiger partial charge in [0.15, 0.2) is 0 Å². The van der Waals surface area contributed by atoms with Gasteiger partial charge in [-0.1, -0.05) is 58.9 Å². The molecule has 0 heteroatoms. The van der Waals surface area contributed by atoms with Crippen LogP contribution in [0.3, 0.4) is 0 Å². The molecule has 0 saturated heterocycles. The summed E-state index contributed by atoms with van der Waals surface area (Å²) in [6.07, 6.45) is 2.55. The molecule has 0 aliphatic heterocycles. The Morgan fingerprint density at radius 1 is 0.933 bits per heavy atom. The highest BCUT2D eigenvalue weighted by Gasteiger charge is 2.30. The van der Waals surface area contributed by atoms with Gasteiger partial charge in [0.1, 0.15) is 0 Å². The predicted octanol–water partition coefficient (Wildman–Crippen LogP) is 4.47. The lowest BCUT2D eigenvalue weighted by Crippen LogP contribution is -2.20. The van der Waals surface area contributed by atoms with E-state index in [0.29, 0.717) is 5.41 Å². The number of rotatable bonds is 0. The van der Waals surface area contributed by atoms with E-state index in [1.807, 2.05) is 13.8 Å². The van der Waals surface area contributed by atoms with Gasteiger partial charge < -0.3 is 0 Å². The lowest BCUT2D eigenvalue weighted by molar-refractivity contribution is 0.251. The van der Waals surface area contributed by atoms with Gasteiger partial charge in [0.25, 0.3) is 0 Å². The van der Waals surface area contributed by atoms with Crippen molar-refractivity contribution in [2.45, 2.75) is 47.5 Å². The second kappa shape index (κ2) is 4.83. The Hall–Kier alpha value is -0.780. The minimum absolute atomic E-state index is 0.457. The van der Waals surface area contributed by atoms with Gasteiger partial charge in [0.05, 0.1) is 0 Å². The van der Waals surface area contributed by atoms with E-state index in [1.54, 1.807) is 11.1 Å². The van der Waals surface area contributed by atoms with Crippen LogP contribution in [0.1, 0.15) is 45.7 Å². The normalized spacial score (nSPS) is 15.5. The number of hydrogen-bond donors (Lipinski definition) is 0. The molecule has 0 aromatic heterocycles. The minimum Gasteiger partial charge on any atom is -0.0683 e. The molecule has 0 amide bonds. The zero-order chi connectivity index (χ0) is 11.5. The zero-order valence-corrected chi connectivity index (χ0v) is 10.8. The fourth-order valence-electron chi connectivity index (χ4n) is 2.17. The highest BCUT2D eigenvalue weighted by atomic mass is 14.3. The second-order valence-electron chi connectivity index (χ2n) is 5.24. The molecule has 0 fully saturated rings. The molecule has 0 nitrogen and oxygen atoms in total. The van der Waals surface area contributed by atoms with Crippen molar-refractivity contribution in [3.8, 4) is 0 Å². The first-order chi connectivity index (χ1) is 7.07. The van der Waals surface area contributed by atoms with E-state index in [1.165, 1.54) is 12.8 Å². The summed E-state index contributed by atoms with van der Waals surface area (Å²) in [5.74, 6) is 0.838. The average molecular weight is 204 g/mol. The van der Waals surface area contributed by atoms with Crippen LogP contribution in [0, 0.1) is 11.3 Å². The zero-order valence-electron chi connectivity index (χ0n) is 10.8. The number of fused-ring (bicyclic) bond motifs is 1. The largest absolute Gasteiger partial charge is 0.0683 e. The van der Waals surface area contributed by atoms with Crippen molar-refractivity contribution in [1.29, 1.82) is 0 Å². The smallest absolute Gasteiger partial charge is 0.0239 e. The topological polar surface area (TPSA) is 0 Å². The Kier molecular flexibility index (Phi) is 3.96. The average Bonchev–Trinajstić information content (AvgIpc) is 2.63. The maximum Gasteiger partial charge on any atom is -0.0239 e. The summed E-state index contributed by atoms with van der Waals surface area (Å²) >= 11 is 0. The van der Waals surface area contributed by atoms with Crippen LogP contribution in [-0.2, 0) is 12.8 Å². The highest BCUT2D eigenvalue weighted by Crippen LogP contribution is 2.37. The SMILES string of the molecule is CC.CC(C)(C)C1Cc2ccccc2C1. The molecule has 0 unspecified atom stereocenters. The Morgan fingerprint density at radius 3 is 1.67 bits per heavy atom. The van der Waals surface area contributed by atoms with Crippen molar-refractivity contribution in [2.24, 2.45) is 11.3 Å². The van der Waals surface area contributed by atoms with Gasteiger partial charge in [0.2, 0.25) is 0 Å². The second-order valence-corrected chi connectivity index (χ2v) is 5.24. The molecule has 1 aliphatic rings. The molecular formula is C15H24. The van der Waals surface area contributed by atoms with E-state index in [4.69, 9.17) is 0 Å². The molecule has 1 aliphatic carbocycles. The summed E-state index contributed by atoms with van der Waals surface area (Å²) in [6, 6.07) is 8.87. The van der Waals surface area contributed by atoms with Crippen LogP contribution >= 0.6 is 0 Å². The summed E-state index contributed by atoms with van der Waals surface area (Å²) in [5.41, 5.74) is 3.60. The van der Waals surface area contributed by atoms with Gasteiger partial charge in [-0.25, -0.2) is 0 Å². The monoisotopic (exact) mass is 204 g/mol. The van der Waals surface area contributed by atoms with Crippen LogP contribution in [0.15, 0.2) is 24.3 Å². The predicted molar refractivity (Wildman–Crippen MR) is 68.1 cm³/mol. The third-order valence-electron chi connectivity index (χ3n) is 3.28. The molecule has 0 heterocycles. The molecule has 1 aromatic rings. The molecule has 0 spiro atoms. The standard InChI is InChI=1S/C13H18.C2H6/c1-13(2,3)12-8-10-6-4-5-7-11(10)9-12;1-2/h4-7,12H,8-9H2,1-3H3;1-2H3. The fourth-order valence-corrected chi connectivity index (χ4v) is 2.17. The molecule has 84 valence electrons. The maximum absolute atomic E-state index is 2.35. The van der Waals surface area contributed by atoms with E-state index < -0.39 is 0 Å². The summed E-state index contributed by atoms with van der Waals surface area (Å²) in [4.78, 5) is 0. The fraction of sp³-hybridized carbons (Fsp3) is 0.600. The molecule has 0 saturated carbocycles. The van der Waals surface area contributed by atoms with Crippen molar-refractivity contribution >= 4 is 0 Å². The lowest BCUT2D eigenvalue weighted by Gasteiger charge is -2.26. The highest BCUT2D eigenvalue weighted by molar-refractivity contribution is 5.32. The van der Waals surface area contributed by atoms with Crippen LogP contribution in [0.4, 0.5) is 0 Å². The number of hydrogen-bond acceptors (Lipinski definition) is 0. The van der Waals surface area contributed by atoms with Crippen molar-refractivity contribution in [2.75, 3.05) is 0 Å². The summed E-state index contributed by atoms with van der Waals surface area (Å²) in [6.45, 7) is 11.1. The van der Waals surface area contributed by atoms with E-state index in [0.717, 1.165) is 5.92 Å². The quantitative estimate of drug-likeness (QED) is 0.585. The van der Waals surface area contributed by atoms with Crippen molar-refractivity contribution in [3.63, 3.8) is 0 Å². The molecular weight excluding hydrogens is 180 g/mol. The summed E-state index contributed by atoms with van der Waals surface area (Å²) in [7, 11) is 0. The van der Waals surface area contributed by atoms with Gasteiger partial charge in [0, 0.05) is 0 Å². The molecule has 1 aromatic carbocycles. The summed E-state index contributed by atoms with van der Waals surface area (Å²) < 4.78 is 0. The number of benzene rings is 1. The van der Waals surface area contributed by atoms with Gasteiger partial charge >= 0.3 is 0 Å². The third-order valence-corrected chi connectivity index (χ3v) is 3.28. The van der Waals surface area contributed by atoms with E-state index in [2.05, 4.69) is 45.0 Å². The van der Waals surface area contributed by atoms with Gasteiger partial charge in [-0.05, 0) is 35.3 Å². The van der Waals surface area contributed by atoms with Crippen molar-refractivity contribution in [1.82, 2.24) is 0 Å². The molecule has 0 bridgehead atoms. The Balaban J connectivity index is 0.000000531. The van der Waals surface area contributed by atoms with E-state index >= 15 is 0 Å². The van der Waals surface area contributed by atoms with Crippen LogP contribution in [0.5, 0.6) is 0 Å². The summed E-state index contributed by atoms with van der Waals surface area (Å²) in [5, 5.41) is 0. The van der Waals surface area contributed by atoms with E-state index in [9.17, 15) is 0 Å². The van der Waals surface area contributed by atoms with Crippen LogP contribution in [0.2, 0.25) is 0 Å². The molecule has 2 rings (SSSR count). The van der Waals surface area contributed by atoms with Crippen molar-refractivity contribution in [3.05, 3.63) is 35.4 Å². The van der Waals surface area contributed by atoms with Gasteiger partial charge in [-0.3, -0.25) is 0 Å². The first-order valence-corrected chi connectivity index (χ1v) is 6.14. The van der Waals surface area contributed by atoms with Gasteiger partial charge in [-0.15, -0.1) is 0 Å². The minimum atomic E-state index is 0.457. The van der Waals surface area contributed by atoms with Crippen LogP contribution < -0.4 is 0 Å². The first kappa shape index (κ1) is 12.3.